The van der Waals surface area contributed by atoms with Gasteiger partial charge >= 0.3 is 0 Å². The molecule has 0 aromatic carbocycles. The molecule has 1 atom stereocenters. The van der Waals surface area contributed by atoms with Crippen LogP contribution in [0.1, 0.15) is 58.8 Å². The van der Waals surface area contributed by atoms with Gasteiger partial charge in [-0.1, -0.05) is 32.6 Å². The zero-order valence-corrected chi connectivity index (χ0v) is 9.68. The van der Waals surface area contributed by atoms with Gasteiger partial charge in [0, 0.05) is 12.6 Å². The van der Waals surface area contributed by atoms with Crippen molar-refractivity contribution in [3.8, 4) is 0 Å². The van der Waals surface area contributed by atoms with Crippen molar-refractivity contribution in [2.24, 2.45) is 0 Å². The van der Waals surface area contributed by atoms with Gasteiger partial charge in [-0.2, -0.15) is 0 Å². The molecule has 2 nitrogen and oxygen atoms in total. The van der Waals surface area contributed by atoms with Gasteiger partial charge in [0.25, 0.3) is 0 Å². The lowest BCUT2D eigenvalue weighted by Gasteiger charge is -2.25. The smallest absolute Gasteiger partial charge is 0.0741 e. The highest BCUT2D eigenvalue weighted by Gasteiger charge is 2.19. The van der Waals surface area contributed by atoms with Crippen molar-refractivity contribution in [3.63, 3.8) is 0 Å². The molecule has 84 valence electrons. The van der Waals surface area contributed by atoms with Gasteiger partial charge in [-0.3, -0.25) is 0 Å². The standard InChI is InChI=1S/C12H25NO/c1-3-12(2,14)10-13-11-8-6-4-5-7-9-11/h11,13-14H,3-10H2,1-2H3. The predicted molar refractivity (Wildman–Crippen MR) is 60.4 cm³/mol. The molecular weight excluding hydrogens is 174 g/mol. The van der Waals surface area contributed by atoms with E-state index in [1.807, 2.05) is 13.8 Å². The number of hydrogen-bond acceptors (Lipinski definition) is 2. The van der Waals surface area contributed by atoms with Crippen LogP contribution in [0.3, 0.4) is 0 Å². The normalized spacial score (nSPS) is 24.2. The second-order valence-electron chi connectivity index (χ2n) is 4.92. The van der Waals surface area contributed by atoms with Crippen LogP contribution in [-0.4, -0.2) is 23.3 Å². The van der Waals surface area contributed by atoms with Crippen LogP contribution >= 0.6 is 0 Å². The highest BCUT2D eigenvalue weighted by atomic mass is 16.3. The lowest BCUT2D eigenvalue weighted by atomic mass is 10.0. The Balaban J connectivity index is 2.22. The lowest BCUT2D eigenvalue weighted by molar-refractivity contribution is 0.0522. The molecule has 0 saturated heterocycles. The van der Waals surface area contributed by atoms with Crippen LogP contribution in [0, 0.1) is 0 Å². The summed E-state index contributed by atoms with van der Waals surface area (Å²) < 4.78 is 0. The second kappa shape index (κ2) is 5.72. The van der Waals surface area contributed by atoms with E-state index in [1.54, 1.807) is 0 Å². The van der Waals surface area contributed by atoms with Crippen molar-refractivity contribution in [1.82, 2.24) is 5.32 Å². The Morgan fingerprint density at radius 3 is 2.29 bits per heavy atom. The average Bonchev–Trinajstić information content (AvgIpc) is 2.43. The third-order valence-corrected chi connectivity index (χ3v) is 3.39. The zero-order chi connectivity index (χ0) is 10.4. The van der Waals surface area contributed by atoms with Crippen LogP contribution < -0.4 is 5.32 Å². The molecule has 1 saturated carbocycles. The second-order valence-corrected chi connectivity index (χ2v) is 4.92. The Bertz CT molecular complexity index is 148. The highest BCUT2D eigenvalue weighted by Crippen LogP contribution is 2.18. The Morgan fingerprint density at radius 1 is 1.21 bits per heavy atom. The van der Waals surface area contributed by atoms with Crippen molar-refractivity contribution in [1.29, 1.82) is 0 Å². The van der Waals surface area contributed by atoms with Crippen LogP contribution in [0.2, 0.25) is 0 Å². The molecule has 0 aromatic rings. The molecule has 2 heteroatoms. The molecule has 0 bridgehead atoms. The third-order valence-electron chi connectivity index (χ3n) is 3.39. The molecule has 2 N–H and O–H groups in total. The Hall–Kier alpha value is -0.0800. The fourth-order valence-corrected chi connectivity index (χ4v) is 1.97. The summed E-state index contributed by atoms with van der Waals surface area (Å²) in [5.74, 6) is 0. The fourth-order valence-electron chi connectivity index (χ4n) is 1.97. The molecule has 1 rings (SSSR count). The van der Waals surface area contributed by atoms with Crippen molar-refractivity contribution in [2.45, 2.75) is 70.4 Å². The van der Waals surface area contributed by atoms with Gasteiger partial charge in [-0.15, -0.1) is 0 Å². The van der Waals surface area contributed by atoms with Crippen molar-refractivity contribution >= 4 is 0 Å². The molecule has 1 unspecified atom stereocenters. The zero-order valence-electron chi connectivity index (χ0n) is 9.68. The van der Waals surface area contributed by atoms with Gasteiger partial charge in [0.2, 0.25) is 0 Å². The number of nitrogens with one attached hydrogen (secondary N) is 1. The molecular formula is C12H25NO. The van der Waals surface area contributed by atoms with Crippen LogP contribution in [-0.2, 0) is 0 Å². The molecule has 0 amide bonds. The molecule has 1 aliphatic carbocycles. The summed E-state index contributed by atoms with van der Waals surface area (Å²) in [7, 11) is 0. The van der Waals surface area contributed by atoms with Crippen LogP contribution in [0.15, 0.2) is 0 Å². The van der Waals surface area contributed by atoms with Gasteiger partial charge in [0.1, 0.15) is 0 Å². The quantitative estimate of drug-likeness (QED) is 0.682. The van der Waals surface area contributed by atoms with E-state index in [1.165, 1.54) is 38.5 Å². The predicted octanol–water partition coefficient (Wildman–Crippen LogP) is 2.46. The summed E-state index contributed by atoms with van der Waals surface area (Å²) >= 11 is 0. The number of aliphatic hydroxyl groups is 1. The Labute approximate surface area is 88.1 Å². The summed E-state index contributed by atoms with van der Waals surface area (Å²) in [6.07, 6.45) is 8.90. The van der Waals surface area contributed by atoms with Crippen LogP contribution in [0.25, 0.3) is 0 Å². The first-order valence-corrected chi connectivity index (χ1v) is 6.10. The first-order chi connectivity index (χ1) is 6.64. The minimum Gasteiger partial charge on any atom is -0.389 e. The minimum absolute atomic E-state index is 0.522. The maximum Gasteiger partial charge on any atom is 0.0741 e. The van der Waals surface area contributed by atoms with Crippen molar-refractivity contribution in [3.05, 3.63) is 0 Å². The van der Waals surface area contributed by atoms with E-state index >= 15 is 0 Å². The van der Waals surface area contributed by atoms with E-state index in [9.17, 15) is 5.11 Å². The largest absolute Gasteiger partial charge is 0.389 e. The topological polar surface area (TPSA) is 32.3 Å². The van der Waals surface area contributed by atoms with E-state index in [4.69, 9.17) is 0 Å². The number of rotatable bonds is 4. The minimum atomic E-state index is -0.522. The molecule has 0 heterocycles. The summed E-state index contributed by atoms with van der Waals surface area (Å²) in [4.78, 5) is 0. The van der Waals surface area contributed by atoms with E-state index in [-0.39, 0.29) is 0 Å². The van der Waals surface area contributed by atoms with Crippen molar-refractivity contribution < 1.29 is 5.11 Å². The molecule has 14 heavy (non-hydrogen) atoms. The number of hydrogen-bond donors (Lipinski definition) is 2. The highest BCUT2D eigenvalue weighted by molar-refractivity contribution is 4.78. The van der Waals surface area contributed by atoms with Crippen molar-refractivity contribution in [2.75, 3.05) is 6.54 Å². The first-order valence-electron chi connectivity index (χ1n) is 6.10. The molecule has 0 aromatic heterocycles. The maximum atomic E-state index is 9.86. The average molecular weight is 199 g/mol. The molecule has 0 spiro atoms. The molecule has 1 fully saturated rings. The summed E-state index contributed by atoms with van der Waals surface area (Å²) in [5, 5.41) is 13.4. The van der Waals surface area contributed by atoms with Gasteiger partial charge < -0.3 is 10.4 Å². The van der Waals surface area contributed by atoms with E-state index in [0.29, 0.717) is 6.04 Å². The molecule has 0 aliphatic heterocycles. The van der Waals surface area contributed by atoms with E-state index < -0.39 is 5.60 Å². The monoisotopic (exact) mass is 199 g/mol. The first kappa shape index (κ1) is 12.0. The van der Waals surface area contributed by atoms with E-state index in [2.05, 4.69) is 5.32 Å². The lowest BCUT2D eigenvalue weighted by Crippen LogP contribution is -2.42. The maximum absolute atomic E-state index is 9.86. The van der Waals surface area contributed by atoms with Gasteiger partial charge in [-0.25, -0.2) is 0 Å². The summed E-state index contributed by atoms with van der Waals surface area (Å²) in [5.41, 5.74) is -0.522. The Morgan fingerprint density at radius 2 is 1.79 bits per heavy atom. The molecule has 0 radical (unpaired) electrons. The third kappa shape index (κ3) is 4.43. The van der Waals surface area contributed by atoms with E-state index in [0.717, 1.165) is 13.0 Å². The van der Waals surface area contributed by atoms with Crippen LogP contribution in [0.5, 0.6) is 0 Å². The van der Waals surface area contributed by atoms with Gasteiger partial charge in [0.05, 0.1) is 5.60 Å². The van der Waals surface area contributed by atoms with Gasteiger partial charge in [0.15, 0.2) is 0 Å². The van der Waals surface area contributed by atoms with Gasteiger partial charge in [-0.05, 0) is 26.2 Å². The Kier molecular flexibility index (Phi) is 4.90. The van der Waals surface area contributed by atoms with Crippen LogP contribution in [0.4, 0.5) is 0 Å². The molecule has 1 aliphatic rings. The SMILES string of the molecule is CCC(C)(O)CNC1CCCCCC1. The summed E-state index contributed by atoms with van der Waals surface area (Å²) in [6.45, 7) is 4.69. The summed E-state index contributed by atoms with van der Waals surface area (Å²) in [6, 6.07) is 0.649. The fraction of sp³-hybridized carbons (Fsp3) is 1.00.